The molecule has 100 valence electrons. The zero-order chi connectivity index (χ0) is 12.9. The average molecular weight is 256 g/mol. The topological polar surface area (TPSA) is 32.3 Å². The van der Waals surface area contributed by atoms with Crippen molar-refractivity contribution in [3.05, 3.63) is 29.8 Å². The second-order valence-electron chi connectivity index (χ2n) is 6.35. The van der Waals surface area contributed by atoms with Crippen molar-refractivity contribution in [2.24, 2.45) is 5.92 Å². The van der Waals surface area contributed by atoms with E-state index >= 15 is 0 Å². The summed E-state index contributed by atoms with van der Waals surface area (Å²) in [5.74, 6) is 1.06. The van der Waals surface area contributed by atoms with Crippen LogP contribution in [0.3, 0.4) is 0 Å². The Hall–Kier alpha value is -1.35. The molecule has 4 rings (SSSR count). The number of carbonyl (C=O) groups excluding carboxylic acids is 1. The zero-order valence-corrected chi connectivity index (χ0v) is 11.2. The van der Waals surface area contributed by atoms with Crippen molar-refractivity contribution in [2.75, 3.05) is 24.5 Å². The number of benzene rings is 1. The van der Waals surface area contributed by atoms with Crippen molar-refractivity contribution in [3.8, 4) is 0 Å². The van der Waals surface area contributed by atoms with Crippen LogP contribution in [0.15, 0.2) is 24.3 Å². The van der Waals surface area contributed by atoms with E-state index in [1.807, 2.05) is 11.0 Å². The fraction of sp³-hybridized carbons (Fsp3) is 0.562. The number of amides is 1. The van der Waals surface area contributed by atoms with E-state index in [-0.39, 0.29) is 5.91 Å². The van der Waals surface area contributed by atoms with E-state index in [4.69, 9.17) is 0 Å². The van der Waals surface area contributed by atoms with Gasteiger partial charge in [0.1, 0.15) is 0 Å². The van der Waals surface area contributed by atoms with E-state index in [0.29, 0.717) is 12.0 Å². The van der Waals surface area contributed by atoms with E-state index in [1.165, 1.54) is 31.2 Å². The van der Waals surface area contributed by atoms with Gasteiger partial charge in [0.2, 0.25) is 5.91 Å². The highest BCUT2D eigenvalue weighted by atomic mass is 16.2. The fourth-order valence-corrected chi connectivity index (χ4v) is 3.23. The maximum atomic E-state index is 12.4. The second-order valence-corrected chi connectivity index (χ2v) is 6.35. The van der Waals surface area contributed by atoms with Gasteiger partial charge < -0.3 is 10.2 Å². The van der Waals surface area contributed by atoms with Gasteiger partial charge in [-0.25, -0.2) is 0 Å². The lowest BCUT2D eigenvalue weighted by Gasteiger charge is -2.18. The number of anilines is 1. The summed E-state index contributed by atoms with van der Waals surface area (Å²) in [4.78, 5) is 14.4. The monoisotopic (exact) mass is 256 g/mol. The number of fused-ring (bicyclic) bond motifs is 2. The van der Waals surface area contributed by atoms with E-state index < -0.39 is 0 Å². The van der Waals surface area contributed by atoms with Crippen LogP contribution < -0.4 is 10.2 Å². The molecule has 1 amide bonds. The summed E-state index contributed by atoms with van der Waals surface area (Å²) >= 11 is 0. The summed E-state index contributed by atoms with van der Waals surface area (Å²) in [6, 6.07) is 8.44. The molecule has 1 aromatic rings. The van der Waals surface area contributed by atoms with Crippen LogP contribution in [-0.2, 0) is 10.2 Å². The maximum Gasteiger partial charge on any atom is 0.240 e. The molecule has 0 saturated heterocycles. The SMILES string of the molecule is O=C(CNCC1CC1)N1CC2(CC2)c2ccccc21. The first-order valence-electron chi connectivity index (χ1n) is 7.39. The van der Waals surface area contributed by atoms with E-state index in [0.717, 1.165) is 24.7 Å². The molecular formula is C16H20N2O. The van der Waals surface area contributed by atoms with Gasteiger partial charge in [-0.05, 0) is 49.8 Å². The Morgan fingerprint density at radius 1 is 1.32 bits per heavy atom. The number of hydrogen-bond acceptors (Lipinski definition) is 2. The number of rotatable bonds is 4. The number of nitrogens with zero attached hydrogens (tertiary/aromatic N) is 1. The zero-order valence-electron chi connectivity index (χ0n) is 11.2. The van der Waals surface area contributed by atoms with Crippen LogP contribution in [0, 0.1) is 5.92 Å². The molecule has 1 heterocycles. The van der Waals surface area contributed by atoms with Gasteiger partial charge in [-0.1, -0.05) is 18.2 Å². The first kappa shape index (κ1) is 11.5. The Morgan fingerprint density at radius 3 is 2.84 bits per heavy atom. The molecule has 1 aliphatic heterocycles. The summed E-state index contributed by atoms with van der Waals surface area (Å²) in [5.41, 5.74) is 2.85. The van der Waals surface area contributed by atoms with Crippen LogP contribution in [0.5, 0.6) is 0 Å². The molecule has 0 aromatic heterocycles. The molecule has 3 aliphatic rings. The Morgan fingerprint density at radius 2 is 2.11 bits per heavy atom. The van der Waals surface area contributed by atoms with Gasteiger partial charge in [-0.15, -0.1) is 0 Å². The fourth-order valence-electron chi connectivity index (χ4n) is 3.23. The lowest BCUT2D eigenvalue weighted by Crippen LogP contribution is -2.39. The molecule has 0 radical (unpaired) electrons. The minimum absolute atomic E-state index is 0.233. The van der Waals surface area contributed by atoms with Gasteiger partial charge in [0, 0.05) is 17.6 Å². The predicted octanol–water partition coefficient (Wildman–Crippen LogP) is 2.06. The van der Waals surface area contributed by atoms with Gasteiger partial charge in [-0.2, -0.15) is 0 Å². The summed E-state index contributed by atoms with van der Waals surface area (Å²) in [7, 11) is 0. The summed E-state index contributed by atoms with van der Waals surface area (Å²) in [6.45, 7) is 2.39. The molecule has 19 heavy (non-hydrogen) atoms. The maximum absolute atomic E-state index is 12.4. The van der Waals surface area contributed by atoms with Crippen LogP contribution in [0.25, 0.3) is 0 Å². The highest BCUT2D eigenvalue weighted by Crippen LogP contribution is 2.56. The molecule has 2 saturated carbocycles. The largest absolute Gasteiger partial charge is 0.310 e. The van der Waals surface area contributed by atoms with Crippen LogP contribution in [0.1, 0.15) is 31.2 Å². The van der Waals surface area contributed by atoms with Gasteiger partial charge >= 0.3 is 0 Å². The highest BCUT2D eigenvalue weighted by molar-refractivity contribution is 5.98. The first-order valence-corrected chi connectivity index (χ1v) is 7.39. The number of nitrogens with one attached hydrogen (secondary N) is 1. The minimum Gasteiger partial charge on any atom is -0.310 e. The number of hydrogen-bond donors (Lipinski definition) is 1. The van der Waals surface area contributed by atoms with Gasteiger partial charge in [-0.3, -0.25) is 4.79 Å². The van der Waals surface area contributed by atoms with E-state index in [9.17, 15) is 4.79 Å². The van der Waals surface area contributed by atoms with Crippen molar-refractivity contribution in [2.45, 2.75) is 31.1 Å². The van der Waals surface area contributed by atoms with Gasteiger partial charge in [0.05, 0.1) is 6.54 Å². The van der Waals surface area contributed by atoms with Gasteiger partial charge in [0.25, 0.3) is 0 Å². The third-order valence-corrected chi connectivity index (χ3v) is 4.79. The standard InChI is InChI=1S/C16H20N2O/c19-15(10-17-9-12-5-6-12)18-11-16(7-8-16)13-3-1-2-4-14(13)18/h1-4,12,17H,5-11H2. The molecular weight excluding hydrogens is 236 g/mol. The third-order valence-electron chi connectivity index (χ3n) is 4.79. The van der Waals surface area contributed by atoms with E-state index in [1.54, 1.807) is 0 Å². The van der Waals surface area contributed by atoms with E-state index in [2.05, 4.69) is 23.5 Å². The van der Waals surface area contributed by atoms with Crippen LogP contribution in [-0.4, -0.2) is 25.5 Å². The molecule has 0 unspecified atom stereocenters. The van der Waals surface area contributed by atoms with Crippen molar-refractivity contribution in [3.63, 3.8) is 0 Å². The van der Waals surface area contributed by atoms with Gasteiger partial charge in [0.15, 0.2) is 0 Å². The Balaban J connectivity index is 1.47. The number of para-hydroxylation sites is 1. The van der Waals surface area contributed by atoms with Crippen LogP contribution >= 0.6 is 0 Å². The molecule has 1 aromatic carbocycles. The third kappa shape index (κ3) is 1.96. The first-order chi connectivity index (χ1) is 9.28. The minimum atomic E-state index is 0.233. The molecule has 2 fully saturated rings. The quantitative estimate of drug-likeness (QED) is 0.894. The molecule has 3 nitrogen and oxygen atoms in total. The summed E-state index contributed by atoms with van der Waals surface area (Å²) in [5, 5.41) is 3.31. The van der Waals surface area contributed by atoms with Crippen LogP contribution in [0.4, 0.5) is 5.69 Å². The second kappa shape index (κ2) is 4.07. The Labute approximate surface area is 114 Å². The molecule has 3 heteroatoms. The normalized spacial score (nSPS) is 22.6. The molecule has 1 spiro atoms. The molecule has 0 bridgehead atoms. The molecule has 2 aliphatic carbocycles. The lowest BCUT2D eigenvalue weighted by atomic mass is 9.99. The molecule has 0 atom stereocenters. The Kier molecular flexibility index (Phi) is 2.46. The average Bonchev–Trinajstić information content (AvgIpc) is 3.31. The molecule has 1 N–H and O–H groups in total. The van der Waals surface area contributed by atoms with Crippen LogP contribution in [0.2, 0.25) is 0 Å². The summed E-state index contributed by atoms with van der Waals surface area (Å²) < 4.78 is 0. The summed E-state index contributed by atoms with van der Waals surface area (Å²) in [6.07, 6.45) is 5.14. The lowest BCUT2D eigenvalue weighted by molar-refractivity contribution is -0.117. The van der Waals surface area contributed by atoms with Crippen molar-refractivity contribution in [1.29, 1.82) is 0 Å². The Bertz CT molecular complexity index is 517. The smallest absolute Gasteiger partial charge is 0.240 e. The van der Waals surface area contributed by atoms with Crippen molar-refractivity contribution < 1.29 is 4.79 Å². The van der Waals surface area contributed by atoms with Crippen molar-refractivity contribution >= 4 is 11.6 Å². The highest BCUT2D eigenvalue weighted by Gasteiger charge is 2.52. The number of carbonyl (C=O) groups is 1. The predicted molar refractivity (Wildman–Crippen MR) is 75.3 cm³/mol. The van der Waals surface area contributed by atoms with Crippen molar-refractivity contribution in [1.82, 2.24) is 5.32 Å².